The van der Waals surface area contributed by atoms with Crippen LogP contribution in [0.2, 0.25) is 0 Å². The Kier molecular flexibility index (Phi) is 8.15. The van der Waals surface area contributed by atoms with Crippen LogP contribution in [0.1, 0.15) is 44.4 Å². The minimum absolute atomic E-state index is 0.395. The number of nitrogens with one attached hydrogen (secondary N) is 1. The molecule has 1 aliphatic heterocycles. The largest absolute Gasteiger partial charge is 0.394 e. The third-order valence-corrected chi connectivity index (χ3v) is 6.80. The molecule has 0 bridgehead atoms. The van der Waals surface area contributed by atoms with Crippen LogP contribution in [-0.2, 0) is 10.5 Å². The molecular formula is C23H31N5O4S. The Bertz CT molecular complexity index is 1030. The van der Waals surface area contributed by atoms with Crippen molar-refractivity contribution in [3.63, 3.8) is 0 Å². The first-order chi connectivity index (χ1) is 16.1. The van der Waals surface area contributed by atoms with Crippen LogP contribution in [0.3, 0.4) is 0 Å². The Hall–Kier alpha value is -2.24. The fourth-order valence-electron chi connectivity index (χ4n) is 3.93. The van der Waals surface area contributed by atoms with Gasteiger partial charge in [-0.15, -0.1) is 0 Å². The van der Waals surface area contributed by atoms with Crippen molar-refractivity contribution in [3.8, 4) is 0 Å². The summed E-state index contributed by atoms with van der Waals surface area (Å²) < 4.78 is 7.48. The molecule has 4 N–H and O–H groups in total. The maximum Gasteiger partial charge on any atom is 0.207 e. The molecule has 1 saturated heterocycles. The van der Waals surface area contributed by atoms with Crippen molar-refractivity contribution in [2.75, 3.05) is 18.5 Å². The zero-order chi connectivity index (χ0) is 23.2. The number of anilines is 1. The summed E-state index contributed by atoms with van der Waals surface area (Å²) >= 11 is 1.56. The normalized spacial score (nSPS) is 22.8. The maximum atomic E-state index is 10.7. The van der Waals surface area contributed by atoms with Crippen LogP contribution < -0.4 is 5.32 Å². The van der Waals surface area contributed by atoms with Gasteiger partial charge in [0.1, 0.15) is 35.2 Å². The summed E-state index contributed by atoms with van der Waals surface area (Å²) in [6.45, 7) is 2.48. The van der Waals surface area contributed by atoms with Crippen molar-refractivity contribution in [1.29, 1.82) is 0 Å². The summed E-state index contributed by atoms with van der Waals surface area (Å²) in [6, 6.07) is 10.1. The third-order valence-electron chi connectivity index (χ3n) is 5.75. The quantitative estimate of drug-likeness (QED) is 0.189. The van der Waals surface area contributed by atoms with Gasteiger partial charge in [0.15, 0.2) is 11.9 Å². The fourth-order valence-corrected chi connectivity index (χ4v) is 4.82. The highest BCUT2D eigenvalue weighted by Crippen LogP contribution is 2.36. The SMILES string of the molecule is CCCCCCNc1nc2c(SCc3ccccc3)ncnc2n1[C@@H]1O[C@H](CO)[C@@H](O)[C@H]1O. The highest BCUT2D eigenvalue weighted by molar-refractivity contribution is 7.98. The van der Waals surface area contributed by atoms with E-state index in [0.717, 1.165) is 30.0 Å². The fraction of sp³-hybridized carbons (Fsp3) is 0.522. The number of fused-ring (bicyclic) bond motifs is 1. The number of benzene rings is 1. The van der Waals surface area contributed by atoms with E-state index in [0.29, 0.717) is 23.7 Å². The Morgan fingerprint density at radius 3 is 2.64 bits per heavy atom. The van der Waals surface area contributed by atoms with Gasteiger partial charge < -0.3 is 25.4 Å². The predicted molar refractivity (Wildman–Crippen MR) is 127 cm³/mol. The number of aliphatic hydroxyl groups is 3. The van der Waals surface area contributed by atoms with Crippen LogP contribution in [0.15, 0.2) is 41.7 Å². The Morgan fingerprint density at radius 1 is 1.09 bits per heavy atom. The topological polar surface area (TPSA) is 126 Å². The molecule has 0 spiro atoms. The van der Waals surface area contributed by atoms with Gasteiger partial charge >= 0.3 is 0 Å². The molecule has 4 rings (SSSR count). The molecule has 2 aromatic heterocycles. The van der Waals surface area contributed by atoms with Crippen molar-refractivity contribution < 1.29 is 20.1 Å². The third kappa shape index (κ3) is 5.30. The van der Waals surface area contributed by atoms with E-state index < -0.39 is 31.1 Å². The van der Waals surface area contributed by atoms with Gasteiger partial charge in [0.05, 0.1) is 6.61 Å². The predicted octanol–water partition coefficient (Wildman–Crippen LogP) is 2.72. The smallest absolute Gasteiger partial charge is 0.207 e. The second-order valence-electron chi connectivity index (χ2n) is 8.15. The number of unbranched alkanes of at least 4 members (excludes halogenated alkanes) is 3. The van der Waals surface area contributed by atoms with E-state index in [4.69, 9.17) is 9.72 Å². The van der Waals surface area contributed by atoms with Crippen molar-refractivity contribution in [3.05, 3.63) is 42.2 Å². The van der Waals surface area contributed by atoms with Gasteiger partial charge in [0.25, 0.3) is 0 Å². The zero-order valence-electron chi connectivity index (χ0n) is 18.7. The van der Waals surface area contributed by atoms with Crippen LogP contribution in [0, 0.1) is 0 Å². The summed E-state index contributed by atoms with van der Waals surface area (Å²) in [7, 11) is 0. The van der Waals surface area contributed by atoms with E-state index in [1.54, 1.807) is 16.3 Å². The molecular weight excluding hydrogens is 442 g/mol. The monoisotopic (exact) mass is 473 g/mol. The number of aliphatic hydroxyl groups excluding tert-OH is 3. The Morgan fingerprint density at radius 2 is 1.91 bits per heavy atom. The molecule has 1 aromatic carbocycles. The van der Waals surface area contributed by atoms with Gasteiger partial charge in [-0.25, -0.2) is 15.0 Å². The second kappa shape index (κ2) is 11.3. The number of aromatic nitrogens is 4. The van der Waals surface area contributed by atoms with Gasteiger partial charge in [-0.3, -0.25) is 4.57 Å². The summed E-state index contributed by atoms with van der Waals surface area (Å²) in [4.78, 5) is 13.6. The van der Waals surface area contributed by atoms with E-state index in [9.17, 15) is 15.3 Å². The summed E-state index contributed by atoms with van der Waals surface area (Å²) in [6.07, 6.45) is 1.64. The van der Waals surface area contributed by atoms with E-state index in [-0.39, 0.29) is 0 Å². The molecule has 0 radical (unpaired) electrons. The van der Waals surface area contributed by atoms with Crippen molar-refractivity contribution in [1.82, 2.24) is 19.5 Å². The van der Waals surface area contributed by atoms with Gasteiger partial charge in [0.2, 0.25) is 5.95 Å². The van der Waals surface area contributed by atoms with Crippen molar-refractivity contribution in [2.45, 2.75) is 67.9 Å². The van der Waals surface area contributed by atoms with Crippen molar-refractivity contribution in [2.24, 2.45) is 0 Å². The summed E-state index contributed by atoms with van der Waals surface area (Å²) in [5.74, 6) is 1.23. The highest BCUT2D eigenvalue weighted by atomic mass is 32.2. The van der Waals surface area contributed by atoms with Crippen LogP contribution in [0.25, 0.3) is 11.2 Å². The van der Waals surface area contributed by atoms with E-state index in [1.165, 1.54) is 18.3 Å². The van der Waals surface area contributed by atoms with E-state index in [2.05, 4.69) is 34.3 Å². The minimum atomic E-state index is -1.23. The summed E-state index contributed by atoms with van der Waals surface area (Å²) in [5.41, 5.74) is 2.28. The minimum Gasteiger partial charge on any atom is -0.394 e. The van der Waals surface area contributed by atoms with Crippen LogP contribution in [0.4, 0.5) is 5.95 Å². The molecule has 3 heterocycles. The Balaban J connectivity index is 1.65. The lowest BCUT2D eigenvalue weighted by Gasteiger charge is -2.19. The molecule has 0 amide bonds. The van der Waals surface area contributed by atoms with Gasteiger partial charge in [-0.2, -0.15) is 0 Å². The van der Waals surface area contributed by atoms with Crippen LogP contribution in [-0.4, -0.2) is 66.3 Å². The van der Waals surface area contributed by atoms with Gasteiger partial charge in [-0.1, -0.05) is 68.3 Å². The molecule has 10 heteroatoms. The molecule has 0 saturated carbocycles. The average Bonchev–Trinajstić information content (AvgIpc) is 3.35. The lowest BCUT2D eigenvalue weighted by Crippen LogP contribution is -2.33. The molecule has 0 aliphatic carbocycles. The molecule has 0 unspecified atom stereocenters. The number of hydrogen-bond donors (Lipinski definition) is 4. The second-order valence-corrected chi connectivity index (χ2v) is 9.11. The molecule has 178 valence electrons. The van der Waals surface area contributed by atoms with E-state index >= 15 is 0 Å². The first-order valence-electron chi connectivity index (χ1n) is 11.4. The number of hydrogen-bond acceptors (Lipinski definition) is 9. The highest BCUT2D eigenvalue weighted by Gasteiger charge is 2.45. The van der Waals surface area contributed by atoms with Gasteiger partial charge in [-0.05, 0) is 12.0 Å². The molecule has 33 heavy (non-hydrogen) atoms. The van der Waals surface area contributed by atoms with Gasteiger partial charge in [0, 0.05) is 12.3 Å². The van der Waals surface area contributed by atoms with Crippen LogP contribution >= 0.6 is 11.8 Å². The number of ether oxygens (including phenoxy) is 1. The first kappa shape index (κ1) is 23.9. The lowest BCUT2D eigenvalue weighted by atomic mass is 10.1. The molecule has 1 aliphatic rings. The standard InChI is InChI=1S/C23H31N5O4S/c1-2-3-4-8-11-24-23-27-17-20(28(23)22-19(31)18(30)16(12-29)32-22)25-14-26-21(17)33-13-15-9-6-5-7-10-15/h5-7,9-10,14,16,18-19,22,29-31H,2-4,8,11-13H2,1H3,(H,24,27)/t16-,18-,19-,22-/m1/s1. The number of imidazole rings is 1. The zero-order valence-corrected chi connectivity index (χ0v) is 19.5. The molecule has 1 fully saturated rings. The molecule has 4 atom stereocenters. The number of rotatable bonds is 11. The molecule has 9 nitrogen and oxygen atoms in total. The van der Waals surface area contributed by atoms with Crippen molar-refractivity contribution >= 4 is 28.9 Å². The molecule has 3 aromatic rings. The number of thioether (sulfide) groups is 1. The maximum absolute atomic E-state index is 10.7. The van der Waals surface area contributed by atoms with Crippen LogP contribution in [0.5, 0.6) is 0 Å². The summed E-state index contributed by atoms with van der Waals surface area (Å²) in [5, 5.41) is 34.6. The lowest BCUT2D eigenvalue weighted by molar-refractivity contribution is -0.0501. The number of nitrogens with zero attached hydrogens (tertiary/aromatic N) is 4. The Labute approximate surface area is 197 Å². The van der Waals surface area contributed by atoms with E-state index in [1.807, 2.05) is 18.2 Å². The average molecular weight is 474 g/mol. The first-order valence-corrected chi connectivity index (χ1v) is 12.4.